The molecule has 0 aliphatic carbocycles. The minimum Gasteiger partial charge on any atom is -0.321 e. The van der Waals surface area contributed by atoms with E-state index in [9.17, 15) is 0 Å². The molecule has 108 valence electrons. The highest BCUT2D eigenvalue weighted by Crippen LogP contribution is 2.30. The van der Waals surface area contributed by atoms with Gasteiger partial charge < -0.3 is 9.03 Å². The maximum Gasteiger partial charge on any atom is 0.0730 e. The van der Waals surface area contributed by atoms with E-state index in [1.54, 1.807) is 18.2 Å². The van der Waals surface area contributed by atoms with E-state index in [2.05, 4.69) is 101 Å². The number of halogens is 2. The quantitative estimate of drug-likeness (QED) is 0.241. The van der Waals surface area contributed by atoms with Crippen molar-refractivity contribution in [3.8, 4) is 0 Å². The van der Waals surface area contributed by atoms with Gasteiger partial charge in [-0.3, -0.25) is 0 Å². The van der Waals surface area contributed by atoms with E-state index >= 15 is 0 Å². The van der Waals surface area contributed by atoms with Crippen molar-refractivity contribution in [3.63, 3.8) is 0 Å². The van der Waals surface area contributed by atoms with E-state index in [4.69, 9.17) is 4.98 Å². The lowest BCUT2D eigenvalue weighted by Gasteiger charge is -2.14. The Kier molecular flexibility index (Phi) is 5.23. The zero-order valence-corrected chi connectivity index (χ0v) is 17.0. The summed E-state index contributed by atoms with van der Waals surface area (Å²) in [5, 5.41) is 2.33. The van der Waals surface area contributed by atoms with Crippen LogP contribution in [0.25, 0.3) is 21.8 Å². The molecule has 3 nitrogen and oxygen atoms in total. The van der Waals surface area contributed by atoms with Crippen LogP contribution >= 0.6 is 60.6 Å². The van der Waals surface area contributed by atoms with Crippen molar-refractivity contribution in [2.45, 2.75) is 0 Å². The van der Waals surface area contributed by atoms with Crippen molar-refractivity contribution >= 4 is 93.8 Å². The molecule has 7 heteroatoms. The highest BCUT2D eigenvalue weighted by molar-refractivity contribution is 14.2. The summed E-state index contributed by atoms with van der Waals surface area (Å²) in [6.07, 6.45) is 0. The van der Waals surface area contributed by atoms with Gasteiger partial charge in [-0.1, -0.05) is 12.1 Å². The number of nitrogens with zero attached hydrogens (tertiary/aromatic N) is 2. The van der Waals surface area contributed by atoms with Gasteiger partial charge in [-0.25, -0.2) is 4.98 Å². The Morgan fingerprint density at radius 3 is 2.43 bits per heavy atom. The molecule has 21 heavy (non-hydrogen) atoms. The fourth-order valence-corrected chi connectivity index (χ4v) is 4.01. The lowest BCUT2D eigenvalue weighted by atomic mass is 10.1. The molecule has 0 saturated carbocycles. The summed E-state index contributed by atoms with van der Waals surface area (Å²) < 4.78 is 5.36. The number of anilines is 2. The molecule has 0 aliphatic heterocycles. The van der Waals surface area contributed by atoms with Crippen molar-refractivity contribution in [1.29, 1.82) is 0 Å². The molecule has 3 aromatic rings. The predicted molar refractivity (Wildman–Crippen MR) is 114 cm³/mol. The Bertz CT molecular complexity index is 798. The first-order valence-electron chi connectivity index (χ1n) is 6.12. The van der Waals surface area contributed by atoms with Gasteiger partial charge >= 0.3 is 0 Å². The SMILES string of the molecule is CN(SI)c1ccc2cc3ccc(NSI)cc3nc2c1. The first kappa shape index (κ1) is 15.8. The summed E-state index contributed by atoms with van der Waals surface area (Å²) in [4.78, 5) is 4.81. The second-order valence-corrected chi connectivity index (χ2v) is 8.07. The molecule has 0 unspecified atom stereocenters. The van der Waals surface area contributed by atoms with E-state index in [0.717, 1.165) is 27.8 Å². The van der Waals surface area contributed by atoms with Crippen LogP contribution in [0.5, 0.6) is 0 Å². The standard InChI is InChI=1S/C14H11I2N3S2/c1-19(21-16)12-5-3-10-6-9-2-4-11(18-20-15)7-13(9)17-14(10)8-12/h2-8,18H,1H3. The number of hydrogen-bond donors (Lipinski definition) is 1. The number of fused-ring (bicyclic) bond motifs is 2. The summed E-state index contributed by atoms with van der Waals surface area (Å²) in [7, 11) is 5.27. The van der Waals surface area contributed by atoms with Crippen LogP contribution in [0, 0.1) is 0 Å². The summed E-state index contributed by atoms with van der Waals surface area (Å²) >= 11 is 4.50. The van der Waals surface area contributed by atoms with Gasteiger partial charge in [0.25, 0.3) is 0 Å². The molecule has 0 saturated heterocycles. The smallest absolute Gasteiger partial charge is 0.0730 e. The molecule has 0 atom stereocenters. The fourth-order valence-electron chi connectivity index (χ4n) is 2.15. The maximum absolute atomic E-state index is 4.81. The molecule has 0 amide bonds. The second kappa shape index (κ2) is 6.97. The highest BCUT2D eigenvalue weighted by atomic mass is 127. The fraction of sp³-hybridized carbons (Fsp3) is 0.0714. The van der Waals surface area contributed by atoms with Crippen molar-refractivity contribution in [2.75, 3.05) is 16.1 Å². The maximum atomic E-state index is 4.81. The Balaban J connectivity index is 2.14. The second-order valence-electron chi connectivity index (χ2n) is 4.52. The molecule has 0 aliphatic rings. The van der Waals surface area contributed by atoms with Gasteiger partial charge in [-0.15, -0.1) is 0 Å². The van der Waals surface area contributed by atoms with Gasteiger partial charge in [0.05, 0.1) is 11.0 Å². The summed E-state index contributed by atoms with van der Waals surface area (Å²) in [6, 6.07) is 14.9. The Morgan fingerprint density at radius 1 is 1.00 bits per heavy atom. The van der Waals surface area contributed by atoms with Crippen LogP contribution in [-0.4, -0.2) is 12.0 Å². The molecule has 0 bridgehead atoms. The summed E-state index contributed by atoms with van der Waals surface area (Å²) in [6.45, 7) is 0. The normalized spacial score (nSPS) is 11.0. The zero-order chi connectivity index (χ0) is 14.8. The molecule has 1 heterocycles. The van der Waals surface area contributed by atoms with Crippen LogP contribution in [0.4, 0.5) is 11.4 Å². The molecule has 2 aromatic carbocycles. The lowest BCUT2D eigenvalue weighted by molar-refractivity contribution is 1.37. The zero-order valence-electron chi connectivity index (χ0n) is 11.0. The van der Waals surface area contributed by atoms with Crippen molar-refractivity contribution in [3.05, 3.63) is 42.5 Å². The molecule has 0 fully saturated rings. The lowest BCUT2D eigenvalue weighted by Crippen LogP contribution is -2.02. The van der Waals surface area contributed by atoms with Gasteiger partial charge in [0.1, 0.15) is 0 Å². The number of benzene rings is 2. The van der Waals surface area contributed by atoms with E-state index in [1.807, 2.05) is 0 Å². The van der Waals surface area contributed by atoms with E-state index in [1.165, 1.54) is 5.39 Å². The number of pyridine rings is 1. The van der Waals surface area contributed by atoms with E-state index < -0.39 is 0 Å². The first-order valence-corrected chi connectivity index (χ1v) is 12.8. The average Bonchev–Trinajstić information content (AvgIpc) is 2.52. The molecule has 1 N–H and O–H groups in total. The van der Waals surface area contributed by atoms with Crippen LogP contribution in [0.1, 0.15) is 0 Å². The highest BCUT2D eigenvalue weighted by Gasteiger charge is 2.05. The molecule has 3 rings (SSSR count). The summed E-state index contributed by atoms with van der Waals surface area (Å²) in [5.41, 5.74) is 4.27. The first-order chi connectivity index (χ1) is 10.2. The van der Waals surface area contributed by atoms with Crippen molar-refractivity contribution < 1.29 is 0 Å². The molecular formula is C14H11I2N3S2. The number of nitrogens with one attached hydrogen (secondary N) is 1. The van der Waals surface area contributed by atoms with Crippen LogP contribution in [-0.2, 0) is 0 Å². The monoisotopic (exact) mass is 539 g/mol. The van der Waals surface area contributed by atoms with Gasteiger partial charge in [0.15, 0.2) is 0 Å². The van der Waals surface area contributed by atoms with Gasteiger partial charge in [0, 0.05) is 89.8 Å². The van der Waals surface area contributed by atoms with Gasteiger partial charge in [-0.2, -0.15) is 0 Å². The largest absolute Gasteiger partial charge is 0.321 e. The number of hydrogen-bond acceptors (Lipinski definition) is 5. The van der Waals surface area contributed by atoms with Gasteiger partial charge in [-0.05, 0) is 30.3 Å². The van der Waals surface area contributed by atoms with E-state index in [-0.39, 0.29) is 0 Å². The topological polar surface area (TPSA) is 28.2 Å². The predicted octanol–water partition coefficient (Wildman–Crippen LogP) is 6.23. The van der Waals surface area contributed by atoms with Gasteiger partial charge in [0.2, 0.25) is 0 Å². The minimum atomic E-state index is 1.01. The minimum absolute atomic E-state index is 1.01. The van der Waals surface area contributed by atoms with Crippen LogP contribution in [0.2, 0.25) is 0 Å². The third kappa shape index (κ3) is 3.45. The Labute approximate surface area is 156 Å². The Hall–Kier alpha value is -0.130. The van der Waals surface area contributed by atoms with Crippen LogP contribution in [0.15, 0.2) is 42.5 Å². The third-order valence-electron chi connectivity index (χ3n) is 3.22. The third-order valence-corrected chi connectivity index (χ3v) is 6.38. The van der Waals surface area contributed by atoms with Crippen LogP contribution in [0.3, 0.4) is 0 Å². The summed E-state index contributed by atoms with van der Waals surface area (Å²) in [5.74, 6) is 0. The van der Waals surface area contributed by atoms with Crippen LogP contribution < -0.4 is 9.03 Å². The van der Waals surface area contributed by atoms with Crippen molar-refractivity contribution in [2.24, 2.45) is 0 Å². The van der Waals surface area contributed by atoms with E-state index in [0.29, 0.717) is 0 Å². The Morgan fingerprint density at radius 2 is 1.71 bits per heavy atom. The molecule has 0 spiro atoms. The molecular weight excluding hydrogens is 528 g/mol. The number of aromatic nitrogens is 1. The number of rotatable bonds is 4. The average molecular weight is 539 g/mol. The molecule has 1 aromatic heterocycles. The van der Waals surface area contributed by atoms with Crippen molar-refractivity contribution in [1.82, 2.24) is 4.98 Å². The molecule has 0 radical (unpaired) electrons.